The molecule has 0 radical (unpaired) electrons. The molecule has 0 aliphatic rings. The van der Waals surface area contributed by atoms with Crippen LogP contribution in [0.5, 0.6) is 0 Å². The van der Waals surface area contributed by atoms with Gasteiger partial charge in [0.1, 0.15) is 0 Å². The zero-order valence-corrected chi connectivity index (χ0v) is 8.59. The minimum Gasteiger partial charge on any atom is -0.382 e. The summed E-state index contributed by atoms with van der Waals surface area (Å²) in [6.45, 7) is 5.84. The quantitative estimate of drug-likeness (QED) is 0.627. The van der Waals surface area contributed by atoms with Crippen LogP contribution in [0.2, 0.25) is 0 Å². The lowest BCUT2D eigenvalue weighted by molar-refractivity contribution is 0.0276. The van der Waals surface area contributed by atoms with Crippen LogP contribution in [-0.2, 0) is 9.47 Å². The standard InChI is InChI=1S/C9H21NO2/c1-5-8(2)10-6-9(12-4)7-11-3/h8-10H,5-7H2,1-4H3. The first-order valence-corrected chi connectivity index (χ1v) is 4.49. The molecule has 2 atom stereocenters. The van der Waals surface area contributed by atoms with Crippen molar-refractivity contribution in [3.63, 3.8) is 0 Å². The molecule has 0 saturated heterocycles. The number of ether oxygens (including phenoxy) is 2. The van der Waals surface area contributed by atoms with Crippen LogP contribution in [0, 0.1) is 0 Å². The Kier molecular flexibility index (Phi) is 7.45. The first-order chi connectivity index (χ1) is 5.74. The van der Waals surface area contributed by atoms with Gasteiger partial charge in [0.25, 0.3) is 0 Å². The molecule has 0 bridgehead atoms. The van der Waals surface area contributed by atoms with Gasteiger partial charge in [0.2, 0.25) is 0 Å². The third-order valence-corrected chi connectivity index (χ3v) is 1.99. The molecule has 74 valence electrons. The largest absolute Gasteiger partial charge is 0.382 e. The number of hydrogen-bond acceptors (Lipinski definition) is 3. The van der Waals surface area contributed by atoms with Crippen molar-refractivity contribution in [2.24, 2.45) is 0 Å². The third-order valence-electron chi connectivity index (χ3n) is 1.99. The van der Waals surface area contributed by atoms with Crippen molar-refractivity contribution >= 4 is 0 Å². The van der Waals surface area contributed by atoms with E-state index in [2.05, 4.69) is 19.2 Å². The predicted molar refractivity (Wildman–Crippen MR) is 50.4 cm³/mol. The van der Waals surface area contributed by atoms with E-state index in [0.29, 0.717) is 12.6 Å². The smallest absolute Gasteiger partial charge is 0.0928 e. The van der Waals surface area contributed by atoms with Crippen LogP contribution in [0.15, 0.2) is 0 Å². The summed E-state index contributed by atoms with van der Waals surface area (Å²) in [4.78, 5) is 0. The van der Waals surface area contributed by atoms with Crippen molar-refractivity contribution in [2.75, 3.05) is 27.4 Å². The van der Waals surface area contributed by atoms with Gasteiger partial charge in [-0.25, -0.2) is 0 Å². The average Bonchev–Trinajstić information content (AvgIpc) is 2.11. The maximum atomic E-state index is 5.20. The molecule has 0 saturated carbocycles. The summed E-state index contributed by atoms with van der Waals surface area (Å²) in [7, 11) is 3.40. The normalized spacial score (nSPS) is 16.0. The lowest BCUT2D eigenvalue weighted by atomic mass is 10.2. The highest BCUT2D eigenvalue weighted by atomic mass is 16.5. The molecule has 0 heterocycles. The molecule has 3 heteroatoms. The average molecular weight is 175 g/mol. The fourth-order valence-electron chi connectivity index (χ4n) is 0.873. The van der Waals surface area contributed by atoms with E-state index in [4.69, 9.17) is 9.47 Å². The molecule has 0 aromatic carbocycles. The van der Waals surface area contributed by atoms with Crippen LogP contribution >= 0.6 is 0 Å². The van der Waals surface area contributed by atoms with Gasteiger partial charge in [0.05, 0.1) is 12.7 Å². The van der Waals surface area contributed by atoms with Crippen LogP contribution in [-0.4, -0.2) is 39.5 Å². The van der Waals surface area contributed by atoms with Gasteiger partial charge in [-0.1, -0.05) is 6.92 Å². The molecule has 0 fully saturated rings. The molecule has 0 aromatic heterocycles. The molecular formula is C9H21NO2. The SMILES string of the molecule is CCC(C)NCC(COC)OC. The Morgan fingerprint density at radius 2 is 2.00 bits per heavy atom. The van der Waals surface area contributed by atoms with E-state index in [1.54, 1.807) is 14.2 Å². The van der Waals surface area contributed by atoms with Gasteiger partial charge in [-0.2, -0.15) is 0 Å². The van der Waals surface area contributed by atoms with Crippen LogP contribution < -0.4 is 5.32 Å². The van der Waals surface area contributed by atoms with Gasteiger partial charge >= 0.3 is 0 Å². The molecule has 0 aromatic rings. The first kappa shape index (κ1) is 11.9. The highest BCUT2D eigenvalue weighted by molar-refractivity contribution is 4.64. The van der Waals surface area contributed by atoms with E-state index in [-0.39, 0.29) is 6.10 Å². The van der Waals surface area contributed by atoms with Gasteiger partial charge in [-0.05, 0) is 13.3 Å². The zero-order chi connectivity index (χ0) is 9.40. The van der Waals surface area contributed by atoms with Gasteiger partial charge in [-0.3, -0.25) is 0 Å². The van der Waals surface area contributed by atoms with Crippen LogP contribution in [0.3, 0.4) is 0 Å². The second kappa shape index (κ2) is 7.53. The van der Waals surface area contributed by atoms with Crippen molar-refractivity contribution in [1.29, 1.82) is 0 Å². The number of hydrogen-bond donors (Lipinski definition) is 1. The number of nitrogens with one attached hydrogen (secondary N) is 1. The Bertz CT molecular complexity index is 98.5. The Morgan fingerprint density at radius 3 is 2.42 bits per heavy atom. The highest BCUT2D eigenvalue weighted by Gasteiger charge is 2.07. The summed E-state index contributed by atoms with van der Waals surface area (Å²) in [5.74, 6) is 0. The van der Waals surface area contributed by atoms with E-state index < -0.39 is 0 Å². The van der Waals surface area contributed by atoms with Gasteiger partial charge in [0.15, 0.2) is 0 Å². The predicted octanol–water partition coefficient (Wildman–Crippen LogP) is 1.04. The molecule has 0 aliphatic heterocycles. The van der Waals surface area contributed by atoms with Crippen molar-refractivity contribution in [3.8, 4) is 0 Å². The molecule has 0 spiro atoms. The van der Waals surface area contributed by atoms with Crippen LogP contribution in [0.25, 0.3) is 0 Å². The van der Waals surface area contributed by atoms with E-state index in [1.165, 1.54) is 0 Å². The summed E-state index contributed by atoms with van der Waals surface area (Å²) in [6, 6.07) is 0.555. The van der Waals surface area contributed by atoms with Crippen LogP contribution in [0.4, 0.5) is 0 Å². The Balaban J connectivity index is 3.43. The Labute approximate surface area is 75.4 Å². The first-order valence-electron chi connectivity index (χ1n) is 4.49. The highest BCUT2D eigenvalue weighted by Crippen LogP contribution is 1.92. The van der Waals surface area contributed by atoms with Crippen molar-refractivity contribution < 1.29 is 9.47 Å². The van der Waals surface area contributed by atoms with Crippen molar-refractivity contribution in [1.82, 2.24) is 5.32 Å². The van der Waals surface area contributed by atoms with Crippen molar-refractivity contribution in [3.05, 3.63) is 0 Å². The molecule has 0 rings (SSSR count). The topological polar surface area (TPSA) is 30.5 Å². The Morgan fingerprint density at radius 1 is 1.33 bits per heavy atom. The van der Waals surface area contributed by atoms with Gasteiger partial charge in [-0.15, -0.1) is 0 Å². The zero-order valence-electron chi connectivity index (χ0n) is 8.59. The Hall–Kier alpha value is -0.120. The van der Waals surface area contributed by atoms with Gasteiger partial charge < -0.3 is 14.8 Å². The van der Waals surface area contributed by atoms with Gasteiger partial charge in [0, 0.05) is 26.8 Å². The fourth-order valence-corrected chi connectivity index (χ4v) is 0.873. The van der Waals surface area contributed by atoms with E-state index in [9.17, 15) is 0 Å². The fraction of sp³-hybridized carbons (Fsp3) is 1.00. The summed E-state index contributed by atoms with van der Waals surface area (Å²) in [5, 5.41) is 3.36. The van der Waals surface area contributed by atoms with Crippen LogP contribution in [0.1, 0.15) is 20.3 Å². The summed E-state index contributed by atoms with van der Waals surface area (Å²) in [5.41, 5.74) is 0. The number of methoxy groups -OCH3 is 2. The van der Waals surface area contributed by atoms with E-state index in [0.717, 1.165) is 13.0 Å². The monoisotopic (exact) mass is 175 g/mol. The molecule has 3 nitrogen and oxygen atoms in total. The molecule has 2 unspecified atom stereocenters. The molecule has 1 N–H and O–H groups in total. The van der Waals surface area contributed by atoms with E-state index >= 15 is 0 Å². The second-order valence-corrected chi connectivity index (χ2v) is 3.03. The molecule has 0 amide bonds. The molecule has 12 heavy (non-hydrogen) atoms. The maximum Gasteiger partial charge on any atom is 0.0928 e. The number of rotatable bonds is 7. The summed E-state index contributed by atoms with van der Waals surface area (Å²) >= 11 is 0. The second-order valence-electron chi connectivity index (χ2n) is 3.03. The maximum absolute atomic E-state index is 5.20. The lowest BCUT2D eigenvalue weighted by Crippen LogP contribution is -2.36. The van der Waals surface area contributed by atoms with E-state index in [1.807, 2.05) is 0 Å². The minimum atomic E-state index is 0.170. The lowest BCUT2D eigenvalue weighted by Gasteiger charge is -2.18. The molecular weight excluding hydrogens is 154 g/mol. The third kappa shape index (κ3) is 5.52. The van der Waals surface area contributed by atoms with Crippen molar-refractivity contribution in [2.45, 2.75) is 32.4 Å². The summed E-state index contributed by atoms with van der Waals surface area (Å²) in [6.07, 6.45) is 1.31. The molecule has 0 aliphatic carbocycles. The summed E-state index contributed by atoms with van der Waals surface area (Å²) < 4.78 is 10.2. The minimum absolute atomic E-state index is 0.170.